The second kappa shape index (κ2) is 5.16. The molecule has 86 valence electrons. The number of phenols is 1. The Kier molecular flexibility index (Phi) is 3.40. The van der Waals surface area contributed by atoms with E-state index in [9.17, 15) is 5.11 Å². The normalized spacial score (nSPS) is 10.6. The third kappa shape index (κ3) is 3.08. The molecular formula is C14H13NO2. The van der Waals surface area contributed by atoms with Gasteiger partial charge >= 0.3 is 0 Å². The number of benzene rings is 1. The van der Waals surface area contributed by atoms with Gasteiger partial charge in [-0.1, -0.05) is 18.2 Å². The highest BCUT2D eigenvalue weighted by Crippen LogP contribution is 2.22. The van der Waals surface area contributed by atoms with Gasteiger partial charge in [0.2, 0.25) is 0 Å². The number of phenolic OH excluding ortho intramolecular Hbond substituents is 1. The molecule has 1 aromatic carbocycles. The Morgan fingerprint density at radius 2 is 2.00 bits per heavy atom. The first kappa shape index (κ1) is 11.2. The first-order chi connectivity index (χ1) is 8.28. The molecule has 0 saturated heterocycles. The second-order valence-corrected chi connectivity index (χ2v) is 3.58. The monoisotopic (exact) mass is 227 g/mol. The third-order valence-corrected chi connectivity index (χ3v) is 2.30. The van der Waals surface area contributed by atoms with Crippen LogP contribution >= 0.6 is 0 Å². The van der Waals surface area contributed by atoms with Crippen molar-refractivity contribution in [3.05, 3.63) is 53.9 Å². The Morgan fingerprint density at radius 1 is 1.18 bits per heavy atom. The van der Waals surface area contributed by atoms with Gasteiger partial charge in [0.1, 0.15) is 11.5 Å². The fraction of sp³-hybridized carbons (Fsp3) is 0.0714. The van der Waals surface area contributed by atoms with E-state index in [2.05, 4.69) is 4.98 Å². The van der Waals surface area contributed by atoms with Crippen LogP contribution in [-0.4, -0.2) is 17.2 Å². The summed E-state index contributed by atoms with van der Waals surface area (Å²) in [7, 11) is 1.57. The largest absolute Gasteiger partial charge is 0.508 e. The van der Waals surface area contributed by atoms with Crippen molar-refractivity contribution in [1.29, 1.82) is 0 Å². The van der Waals surface area contributed by atoms with Crippen molar-refractivity contribution in [2.45, 2.75) is 0 Å². The molecule has 1 aromatic heterocycles. The molecule has 17 heavy (non-hydrogen) atoms. The Hall–Kier alpha value is -2.29. The van der Waals surface area contributed by atoms with E-state index in [1.807, 2.05) is 30.4 Å². The molecule has 0 fully saturated rings. The molecule has 0 amide bonds. The highest BCUT2D eigenvalue weighted by molar-refractivity contribution is 5.70. The molecule has 2 aromatic rings. The second-order valence-electron chi connectivity index (χ2n) is 3.58. The molecule has 0 bridgehead atoms. The summed E-state index contributed by atoms with van der Waals surface area (Å²) in [4.78, 5) is 4.02. The molecule has 0 saturated carbocycles. The highest BCUT2D eigenvalue weighted by atomic mass is 16.5. The molecule has 0 radical (unpaired) electrons. The minimum Gasteiger partial charge on any atom is -0.508 e. The number of hydrogen-bond acceptors (Lipinski definition) is 3. The van der Waals surface area contributed by atoms with Crippen LogP contribution in [-0.2, 0) is 0 Å². The summed E-state index contributed by atoms with van der Waals surface area (Å²) in [6.07, 6.45) is 7.34. The maximum absolute atomic E-state index is 9.50. The zero-order valence-electron chi connectivity index (χ0n) is 9.50. The molecule has 0 unspecified atom stereocenters. The van der Waals surface area contributed by atoms with E-state index in [-0.39, 0.29) is 5.75 Å². The standard InChI is InChI=1S/C14H13NO2/c1-17-14-8-12(7-13(16)9-14)5-4-11-3-2-6-15-10-11/h2-10,16H,1H3. The van der Waals surface area contributed by atoms with Crippen molar-refractivity contribution in [2.75, 3.05) is 7.11 Å². The lowest BCUT2D eigenvalue weighted by molar-refractivity contribution is 0.407. The van der Waals surface area contributed by atoms with Gasteiger partial charge in [-0.05, 0) is 29.3 Å². The lowest BCUT2D eigenvalue weighted by Gasteiger charge is -2.02. The summed E-state index contributed by atoms with van der Waals surface area (Å²) in [6.45, 7) is 0. The van der Waals surface area contributed by atoms with E-state index in [0.717, 1.165) is 11.1 Å². The van der Waals surface area contributed by atoms with Gasteiger partial charge in [0.15, 0.2) is 0 Å². The maximum Gasteiger partial charge on any atom is 0.123 e. The summed E-state index contributed by atoms with van der Waals surface area (Å²) in [6, 6.07) is 8.94. The Morgan fingerprint density at radius 3 is 2.71 bits per heavy atom. The van der Waals surface area contributed by atoms with Gasteiger partial charge < -0.3 is 9.84 Å². The van der Waals surface area contributed by atoms with Gasteiger partial charge in [-0.25, -0.2) is 0 Å². The SMILES string of the molecule is COc1cc(O)cc(C=Cc2cccnc2)c1. The predicted octanol–water partition coefficient (Wildman–Crippen LogP) is 2.97. The number of aromatic hydroxyl groups is 1. The zero-order valence-corrected chi connectivity index (χ0v) is 9.50. The van der Waals surface area contributed by atoms with Gasteiger partial charge in [-0.3, -0.25) is 4.98 Å². The van der Waals surface area contributed by atoms with Crippen LogP contribution in [0.15, 0.2) is 42.7 Å². The van der Waals surface area contributed by atoms with Gasteiger partial charge in [-0.15, -0.1) is 0 Å². The number of pyridine rings is 1. The topological polar surface area (TPSA) is 42.4 Å². The fourth-order valence-corrected chi connectivity index (χ4v) is 1.49. The summed E-state index contributed by atoms with van der Waals surface area (Å²) >= 11 is 0. The van der Waals surface area contributed by atoms with Gasteiger partial charge in [0, 0.05) is 18.5 Å². The first-order valence-electron chi connectivity index (χ1n) is 5.24. The molecule has 0 aliphatic heterocycles. The van der Waals surface area contributed by atoms with Crippen LogP contribution in [0, 0.1) is 0 Å². The summed E-state index contributed by atoms with van der Waals surface area (Å²) in [5.74, 6) is 0.825. The van der Waals surface area contributed by atoms with Crippen molar-refractivity contribution in [3.63, 3.8) is 0 Å². The number of hydrogen-bond donors (Lipinski definition) is 1. The Bertz CT molecular complexity index is 521. The Labute approximate surface area is 100 Å². The smallest absolute Gasteiger partial charge is 0.123 e. The molecule has 3 nitrogen and oxygen atoms in total. The van der Waals surface area contributed by atoms with Crippen LogP contribution in [0.2, 0.25) is 0 Å². The zero-order chi connectivity index (χ0) is 12.1. The van der Waals surface area contributed by atoms with Crippen LogP contribution in [0.3, 0.4) is 0 Å². The van der Waals surface area contributed by atoms with E-state index in [4.69, 9.17) is 4.74 Å². The molecular weight excluding hydrogens is 214 g/mol. The maximum atomic E-state index is 9.50. The van der Waals surface area contributed by atoms with Crippen molar-refractivity contribution in [1.82, 2.24) is 4.98 Å². The fourth-order valence-electron chi connectivity index (χ4n) is 1.49. The van der Waals surface area contributed by atoms with E-state index in [1.165, 1.54) is 0 Å². The quantitative estimate of drug-likeness (QED) is 0.876. The predicted molar refractivity (Wildman–Crippen MR) is 67.8 cm³/mol. The minimum atomic E-state index is 0.190. The van der Waals surface area contributed by atoms with E-state index in [0.29, 0.717) is 5.75 Å². The first-order valence-corrected chi connectivity index (χ1v) is 5.24. The van der Waals surface area contributed by atoms with Crippen LogP contribution in [0.5, 0.6) is 11.5 Å². The summed E-state index contributed by atoms with van der Waals surface area (Å²) < 4.78 is 5.08. The van der Waals surface area contributed by atoms with Crippen LogP contribution in [0.4, 0.5) is 0 Å². The lowest BCUT2D eigenvalue weighted by atomic mass is 10.1. The van der Waals surface area contributed by atoms with Crippen molar-refractivity contribution in [2.24, 2.45) is 0 Å². The lowest BCUT2D eigenvalue weighted by Crippen LogP contribution is -1.83. The summed E-state index contributed by atoms with van der Waals surface area (Å²) in [5.41, 5.74) is 1.89. The van der Waals surface area contributed by atoms with Crippen molar-refractivity contribution < 1.29 is 9.84 Å². The van der Waals surface area contributed by atoms with E-state index in [1.54, 1.807) is 31.6 Å². The number of methoxy groups -OCH3 is 1. The van der Waals surface area contributed by atoms with Crippen LogP contribution < -0.4 is 4.74 Å². The number of aromatic nitrogens is 1. The van der Waals surface area contributed by atoms with Crippen LogP contribution in [0.25, 0.3) is 12.2 Å². The van der Waals surface area contributed by atoms with Gasteiger partial charge in [0.25, 0.3) is 0 Å². The molecule has 2 rings (SSSR count). The third-order valence-electron chi connectivity index (χ3n) is 2.30. The molecule has 1 heterocycles. The molecule has 0 aliphatic carbocycles. The molecule has 1 N–H and O–H groups in total. The number of ether oxygens (including phenoxy) is 1. The van der Waals surface area contributed by atoms with E-state index >= 15 is 0 Å². The highest BCUT2D eigenvalue weighted by Gasteiger charge is 1.97. The molecule has 0 aliphatic rings. The van der Waals surface area contributed by atoms with Crippen LogP contribution in [0.1, 0.15) is 11.1 Å². The summed E-state index contributed by atoms with van der Waals surface area (Å²) in [5, 5.41) is 9.50. The Balaban J connectivity index is 2.24. The molecule has 0 atom stereocenters. The van der Waals surface area contributed by atoms with Crippen molar-refractivity contribution in [3.8, 4) is 11.5 Å². The molecule has 3 heteroatoms. The molecule has 0 spiro atoms. The van der Waals surface area contributed by atoms with Gasteiger partial charge in [0.05, 0.1) is 7.11 Å². The number of rotatable bonds is 3. The van der Waals surface area contributed by atoms with Crippen molar-refractivity contribution >= 4 is 12.2 Å². The van der Waals surface area contributed by atoms with E-state index < -0.39 is 0 Å². The van der Waals surface area contributed by atoms with Gasteiger partial charge in [-0.2, -0.15) is 0 Å². The average molecular weight is 227 g/mol. The minimum absolute atomic E-state index is 0.190. The average Bonchev–Trinajstić information content (AvgIpc) is 2.37. The number of nitrogens with zero attached hydrogens (tertiary/aromatic N) is 1.